The van der Waals surface area contributed by atoms with Crippen molar-refractivity contribution in [3.8, 4) is 17.2 Å². The van der Waals surface area contributed by atoms with Crippen molar-refractivity contribution < 1.29 is 15.3 Å². The first-order valence-corrected chi connectivity index (χ1v) is 12.5. The molecule has 0 saturated heterocycles. The van der Waals surface area contributed by atoms with E-state index in [9.17, 15) is 15.3 Å². The minimum Gasteiger partial charge on any atom is -0.508 e. The van der Waals surface area contributed by atoms with Gasteiger partial charge in [-0.15, -0.1) is 0 Å². The molecule has 0 aromatic heterocycles. The van der Waals surface area contributed by atoms with E-state index in [0.717, 1.165) is 39.8 Å². The topological polar surface area (TPSA) is 60.7 Å². The van der Waals surface area contributed by atoms with Crippen molar-refractivity contribution in [1.82, 2.24) is 0 Å². The van der Waals surface area contributed by atoms with E-state index in [1.165, 1.54) is 22.3 Å². The van der Waals surface area contributed by atoms with E-state index in [1.807, 2.05) is 52.0 Å². The molecule has 0 heterocycles. The maximum atomic E-state index is 10.4. The zero-order valence-corrected chi connectivity index (χ0v) is 22.1. The molecule has 0 bridgehead atoms. The van der Waals surface area contributed by atoms with Gasteiger partial charge in [0.25, 0.3) is 0 Å². The van der Waals surface area contributed by atoms with Gasteiger partial charge in [-0.1, -0.05) is 48.5 Å². The van der Waals surface area contributed by atoms with Crippen LogP contribution in [-0.4, -0.2) is 15.3 Å². The number of aromatic hydroxyl groups is 3. The Balaban J connectivity index is 2.01. The van der Waals surface area contributed by atoms with Crippen LogP contribution in [0.1, 0.15) is 67.5 Å². The smallest absolute Gasteiger partial charge is 0.118 e. The zero-order valence-electron chi connectivity index (χ0n) is 22.1. The monoisotopic (exact) mass is 480 g/mol. The molecule has 2 atom stereocenters. The maximum absolute atomic E-state index is 10.4. The van der Waals surface area contributed by atoms with Gasteiger partial charge in [-0.2, -0.15) is 0 Å². The van der Waals surface area contributed by atoms with Crippen LogP contribution in [0.3, 0.4) is 0 Å². The van der Waals surface area contributed by atoms with Crippen LogP contribution < -0.4 is 0 Å². The highest BCUT2D eigenvalue weighted by molar-refractivity contribution is 5.51. The van der Waals surface area contributed by atoms with E-state index in [2.05, 4.69) is 56.3 Å². The Morgan fingerprint density at radius 2 is 1.00 bits per heavy atom. The third-order valence-electron chi connectivity index (χ3n) is 7.56. The summed E-state index contributed by atoms with van der Waals surface area (Å²) in [6.07, 6.45) is 0.761. The summed E-state index contributed by atoms with van der Waals surface area (Å²) in [5.74, 6) is 0.994. The van der Waals surface area contributed by atoms with E-state index < -0.39 is 0 Å². The Labute approximate surface area is 214 Å². The Bertz CT molecular complexity index is 1400. The maximum Gasteiger partial charge on any atom is 0.118 e. The molecule has 0 saturated carbocycles. The second-order valence-corrected chi connectivity index (χ2v) is 10.3. The van der Waals surface area contributed by atoms with Crippen LogP contribution in [0.4, 0.5) is 0 Å². The van der Waals surface area contributed by atoms with Crippen LogP contribution in [0.15, 0.2) is 66.7 Å². The van der Waals surface area contributed by atoms with E-state index in [-0.39, 0.29) is 11.8 Å². The summed E-state index contributed by atoms with van der Waals surface area (Å²) in [5.41, 5.74) is 10.5. The van der Waals surface area contributed by atoms with Crippen molar-refractivity contribution in [2.24, 2.45) is 0 Å². The second-order valence-electron chi connectivity index (χ2n) is 10.3. The summed E-state index contributed by atoms with van der Waals surface area (Å²) < 4.78 is 0. The average molecular weight is 481 g/mol. The molecule has 36 heavy (non-hydrogen) atoms. The molecule has 3 heteroatoms. The van der Waals surface area contributed by atoms with Gasteiger partial charge in [0, 0.05) is 5.92 Å². The number of hydrogen-bond donors (Lipinski definition) is 3. The second kappa shape index (κ2) is 10.1. The molecule has 0 spiro atoms. The lowest BCUT2D eigenvalue weighted by Gasteiger charge is -2.32. The lowest BCUT2D eigenvalue weighted by atomic mass is 9.71. The molecule has 4 aromatic carbocycles. The predicted molar refractivity (Wildman–Crippen MR) is 147 cm³/mol. The Hall–Kier alpha value is -3.72. The number of rotatable bonds is 6. The van der Waals surface area contributed by atoms with Crippen molar-refractivity contribution >= 4 is 0 Å². The quantitative estimate of drug-likeness (QED) is 0.264. The Morgan fingerprint density at radius 1 is 0.528 bits per heavy atom. The van der Waals surface area contributed by atoms with Crippen molar-refractivity contribution in [1.29, 1.82) is 0 Å². The summed E-state index contributed by atoms with van der Waals surface area (Å²) in [7, 11) is 0. The molecule has 0 aliphatic rings. The van der Waals surface area contributed by atoms with Crippen molar-refractivity contribution in [2.75, 3.05) is 0 Å². The molecule has 0 amide bonds. The van der Waals surface area contributed by atoms with Crippen molar-refractivity contribution in [3.05, 3.63) is 122 Å². The van der Waals surface area contributed by atoms with Crippen molar-refractivity contribution in [2.45, 2.75) is 59.8 Å². The van der Waals surface area contributed by atoms with Crippen LogP contribution in [0, 0.1) is 41.5 Å². The fourth-order valence-electron chi connectivity index (χ4n) is 5.40. The highest BCUT2D eigenvalue weighted by atomic mass is 16.3. The fraction of sp³-hybridized carbons (Fsp3) is 0.273. The summed E-state index contributed by atoms with van der Waals surface area (Å²) >= 11 is 0. The number of benzene rings is 4. The largest absolute Gasteiger partial charge is 0.508 e. The molecule has 0 aliphatic heterocycles. The van der Waals surface area contributed by atoms with Crippen LogP contribution in [0.5, 0.6) is 17.2 Å². The summed E-state index contributed by atoms with van der Waals surface area (Å²) in [5, 5.41) is 31.1. The number of hydrogen-bond acceptors (Lipinski definition) is 3. The molecule has 2 unspecified atom stereocenters. The third kappa shape index (κ3) is 4.97. The number of phenolic OH excluding ortho intramolecular Hbond substituents is 3. The standard InChI is InChI=1S/C33H36O3/c1-19-15-30(34)22(4)12-26(19)18-29(27-13-23(5)31(35)16-20(27)2)33(25-10-8-7-9-11-25)28-14-24(6)32(36)17-21(28)3/h7-17,29,33-36H,18H2,1-6H3. The first-order valence-electron chi connectivity index (χ1n) is 12.5. The summed E-state index contributed by atoms with van der Waals surface area (Å²) in [4.78, 5) is 0. The normalized spacial score (nSPS) is 12.9. The van der Waals surface area contributed by atoms with Gasteiger partial charge in [0.05, 0.1) is 0 Å². The fourth-order valence-corrected chi connectivity index (χ4v) is 5.40. The number of aryl methyl sites for hydroxylation is 6. The van der Waals surface area contributed by atoms with Gasteiger partial charge in [-0.05, 0) is 128 Å². The van der Waals surface area contributed by atoms with Gasteiger partial charge < -0.3 is 15.3 Å². The molecule has 4 rings (SSSR count). The van der Waals surface area contributed by atoms with Gasteiger partial charge >= 0.3 is 0 Å². The van der Waals surface area contributed by atoms with Crippen LogP contribution >= 0.6 is 0 Å². The predicted octanol–water partition coefficient (Wildman–Crippen LogP) is 7.81. The SMILES string of the molecule is Cc1cc(CC(c2cc(C)c(O)cc2C)C(c2ccccc2)c2cc(C)c(O)cc2C)c(C)cc1O. The Kier molecular flexibility index (Phi) is 7.12. The lowest BCUT2D eigenvalue weighted by molar-refractivity contribution is 0.467. The molecule has 4 aromatic rings. The van der Waals surface area contributed by atoms with Gasteiger partial charge in [0.15, 0.2) is 0 Å². The first-order chi connectivity index (χ1) is 17.1. The van der Waals surface area contributed by atoms with Crippen LogP contribution in [0.25, 0.3) is 0 Å². The van der Waals surface area contributed by atoms with Gasteiger partial charge in [0.2, 0.25) is 0 Å². The third-order valence-corrected chi connectivity index (χ3v) is 7.56. The van der Waals surface area contributed by atoms with Gasteiger partial charge in [0.1, 0.15) is 17.2 Å². The lowest BCUT2D eigenvalue weighted by Crippen LogP contribution is -2.18. The minimum atomic E-state index is 0.0154. The summed E-state index contributed by atoms with van der Waals surface area (Å²) in [6.45, 7) is 12.0. The molecule has 0 fully saturated rings. The van der Waals surface area contributed by atoms with Crippen LogP contribution in [0.2, 0.25) is 0 Å². The molecular weight excluding hydrogens is 444 g/mol. The molecular formula is C33H36O3. The van der Waals surface area contributed by atoms with E-state index in [0.29, 0.717) is 17.2 Å². The highest BCUT2D eigenvalue weighted by Crippen LogP contribution is 2.45. The molecule has 186 valence electrons. The zero-order chi connectivity index (χ0) is 26.1. The molecule has 0 radical (unpaired) electrons. The first kappa shape index (κ1) is 25.4. The molecule has 0 aliphatic carbocycles. The van der Waals surface area contributed by atoms with Gasteiger partial charge in [-0.25, -0.2) is 0 Å². The van der Waals surface area contributed by atoms with E-state index in [4.69, 9.17) is 0 Å². The summed E-state index contributed by atoms with van der Waals surface area (Å²) in [6, 6.07) is 22.5. The van der Waals surface area contributed by atoms with Crippen molar-refractivity contribution in [3.63, 3.8) is 0 Å². The molecule has 3 N–H and O–H groups in total. The van der Waals surface area contributed by atoms with Crippen LogP contribution in [-0.2, 0) is 6.42 Å². The molecule has 3 nitrogen and oxygen atoms in total. The van der Waals surface area contributed by atoms with E-state index in [1.54, 1.807) is 0 Å². The van der Waals surface area contributed by atoms with E-state index >= 15 is 0 Å². The highest BCUT2D eigenvalue weighted by Gasteiger charge is 2.30. The number of phenols is 3. The average Bonchev–Trinajstić information content (AvgIpc) is 2.83. The minimum absolute atomic E-state index is 0.0154. The van der Waals surface area contributed by atoms with Gasteiger partial charge in [-0.3, -0.25) is 0 Å². The Morgan fingerprint density at radius 3 is 1.58 bits per heavy atom.